The molecule has 1 aromatic carbocycles. The molecule has 2 aliphatic rings. The zero-order chi connectivity index (χ0) is 16.6. The lowest BCUT2D eigenvalue weighted by molar-refractivity contribution is -0.125. The summed E-state index contributed by atoms with van der Waals surface area (Å²) < 4.78 is 19.5. The number of rotatable bonds is 4. The molecule has 1 aromatic rings. The van der Waals surface area contributed by atoms with E-state index in [4.69, 9.17) is 4.74 Å². The minimum Gasteiger partial charge on any atom is -0.487 e. The van der Waals surface area contributed by atoms with Gasteiger partial charge in [-0.05, 0) is 31.9 Å². The molecule has 0 bridgehead atoms. The van der Waals surface area contributed by atoms with Crippen molar-refractivity contribution in [2.24, 2.45) is 5.92 Å². The van der Waals surface area contributed by atoms with E-state index >= 15 is 0 Å². The highest BCUT2D eigenvalue weighted by Crippen LogP contribution is 2.39. The number of benzene rings is 1. The third-order valence-corrected chi connectivity index (χ3v) is 4.93. The Kier molecular flexibility index (Phi) is 4.46. The molecule has 0 saturated carbocycles. The number of amides is 1. The summed E-state index contributed by atoms with van der Waals surface area (Å²) in [5, 5.41) is 3.13. The normalized spacial score (nSPS) is 24.3. The monoisotopic (exact) mass is 320 g/mol. The minimum atomic E-state index is -0.283. The summed E-state index contributed by atoms with van der Waals surface area (Å²) in [5.41, 5.74) is 2.01. The number of halogens is 1. The van der Waals surface area contributed by atoms with Gasteiger partial charge in [0.2, 0.25) is 5.91 Å². The second-order valence-corrected chi connectivity index (χ2v) is 6.76. The largest absolute Gasteiger partial charge is 0.487 e. The Morgan fingerprint density at radius 2 is 2.30 bits per heavy atom. The molecule has 1 N–H and O–H groups in total. The smallest absolute Gasteiger partial charge is 0.223 e. The molecule has 23 heavy (non-hydrogen) atoms. The van der Waals surface area contributed by atoms with Gasteiger partial charge in [-0.1, -0.05) is 13.8 Å². The zero-order valence-corrected chi connectivity index (χ0v) is 14.1. The lowest BCUT2D eigenvalue weighted by Gasteiger charge is -2.22. The molecule has 126 valence electrons. The molecule has 2 heterocycles. The summed E-state index contributed by atoms with van der Waals surface area (Å²) in [5.74, 6) is 0.296. The Hall–Kier alpha value is -1.78. The molecule has 0 spiro atoms. The third kappa shape index (κ3) is 3.14. The van der Waals surface area contributed by atoms with Gasteiger partial charge in [0.05, 0.1) is 0 Å². The standard InChI is InChI=1S/C18H25FN2O2/c1-4-11(2)18(22)20-13-7-8-21(10-13)16-6-5-15(19)17-14(16)9-12(3)23-17/h5-6,11-13H,4,7-10H2,1-3H3,(H,20,22)/t11?,12?,13-/m0/s1. The first-order valence-corrected chi connectivity index (χ1v) is 8.53. The Morgan fingerprint density at radius 3 is 3.04 bits per heavy atom. The van der Waals surface area contributed by atoms with Crippen molar-refractivity contribution in [2.75, 3.05) is 18.0 Å². The van der Waals surface area contributed by atoms with Crippen molar-refractivity contribution in [3.63, 3.8) is 0 Å². The van der Waals surface area contributed by atoms with Crippen LogP contribution in [0.1, 0.15) is 39.2 Å². The van der Waals surface area contributed by atoms with Gasteiger partial charge in [0.25, 0.3) is 0 Å². The first-order valence-electron chi connectivity index (χ1n) is 8.53. The Bertz CT molecular complexity index is 605. The summed E-state index contributed by atoms with van der Waals surface area (Å²) in [4.78, 5) is 14.3. The maximum atomic E-state index is 13.9. The topological polar surface area (TPSA) is 41.6 Å². The van der Waals surface area contributed by atoms with E-state index in [1.807, 2.05) is 26.8 Å². The average molecular weight is 320 g/mol. The van der Waals surface area contributed by atoms with Crippen molar-refractivity contribution in [2.45, 2.75) is 52.2 Å². The van der Waals surface area contributed by atoms with Gasteiger partial charge in [0.15, 0.2) is 11.6 Å². The lowest BCUT2D eigenvalue weighted by Crippen LogP contribution is -2.39. The maximum absolute atomic E-state index is 13.9. The SMILES string of the molecule is CCC(C)C(=O)N[C@H]1CCN(c2ccc(F)c3c2CC(C)O3)C1. The third-order valence-electron chi connectivity index (χ3n) is 4.93. The van der Waals surface area contributed by atoms with Crippen LogP contribution in [0, 0.1) is 11.7 Å². The molecule has 0 aliphatic carbocycles. The predicted molar refractivity (Wildman–Crippen MR) is 88.4 cm³/mol. The molecule has 2 unspecified atom stereocenters. The van der Waals surface area contributed by atoms with Crippen LogP contribution in [-0.4, -0.2) is 31.1 Å². The van der Waals surface area contributed by atoms with Gasteiger partial charge in [0.1, 0.15) is 6.10 Å². The van der Waals surface area contributed by atoms with Crippen molar-refractivity contribution in [3.05, 3.63) is 23.5 Å². The molecule has 4 nitrogen and oxygen atoms in total. The van der Waals surface area contributed by atoms with E-state index in [-0.39, 0.29) is 29.8 Å². The van der Waals surface area contributed by atoms with Crippen LogP contribution in [0.15, 0.2) is 12.1 Å². The second kappa shape index (κ2) is 6.38. The Morgan fingerprint density at radius 1 is 1.52 bits per heavy atom. The first kappa shape index (κ1) is 16.1. The van der Waals surface area contributed by atoms with Gasteiger partial charge in [-0.15, -0.1) is 0 Å². The van der Waals surface area contributed by atoms with Crippen LogP contribution in [0.2, 0.25) is 0 Å². The zero-order valence-electron chi connectivity index (χ0n) is 14.1. The van der Waals surface area contributed by atoms with E-state index in [0.29, 0.717) is 5.75 Å². The van der Waals surface area contributed by atoms with Crippen LogP contribution in [0.25, 0.3) is 0 Å². The Balaban J connectivity index is 1.71. The molecular weight excluding hydrogens is 295 g/mol. The number of nitrogens with zero attached hydrogens (tertiary/aromatic N) is 1. The number of carbonyl (C=O) groups is 1. The second-order valence-electron chi connectivity index (χ2n) is 6.76. The molecule has 1 fully saturated rings. The molecule has 3 rings (SSSR count). The molecule has 2 aliphatic heterocycles. The number of hydrogen-bond acceptors (Lipinski definition) is 3. The number of carbonyl (C=O) groups excluding carboxylic acids is 1. The molecule has 1 amide bonds. The van der Waals surface area contributed by atoms with Gasteiger partial charge in [0, 0.05) is 42.7 Å². The summed E-state index contributed by atoms with van der Waals surface area (Å²) in [7, 11) is 0. The van der Waals surface area contributed by atoms with Crippen LogP contribution in [0.3, 0.4) is 0 Å². The average Bonchev–Trinajstić information content (AvgIpc) is 3.13. The van der Waals surface area contributed by atoms with Crippen LogP contribution >= 0.6 is 0 Å². The van der Waals surface area contributed by atoms with Crippen LogP contribution in [0.4, 0.5) is 10.1 Å². The van der Waals surface area contributed by atoms with E-state index < -0.39 is 0 Å². The van der Waals surface area contributed by atoms with Crippen LogP contribution in [-0.2, 0) is 11.2 Å². The van der Waals surface area contributed by atoms with Crippen LogP contribution in [0.5, 0.6) is 5.75 Å². The molecule has 1 saturated heterocycles. The minimum absolute atomic E-state index is 0.0177. The van der Waals surface area contributed by atoms with E-state index in [2.05, 4.69) is 10.2 Å². The summed E-state index contributed by atoms with van der Waals surface area (Å²) in [6.45, 7) is 7.58. The number of ether oxygens (including phenoxy) is 1. The molecule has 0 radical (unpaired) electrons. The first-order chi connectivity index (χ1) is 11.0. The fourth-order valence-electron chi connectivity index (χ4n) is 3.37. The van der Waals surface area contributed by atoms with Crippen molar-refractivity contribution < 1.29 is 13.9 Å². The van der Waals surface area contributed by atoms with E-state index in [9.17, 15) is 9.18 Å². The predicted octanol–water partition coefficient (Wildman–Crippen LogP) is 2.89. The maximum Gasteiger partial charge on any atom is 0.223 e. The Labute approximate surface area is 137 Å². The van der Waals surface area contributed by atoms with Gasteiger partial charge in [-0.3, -0.25) is 4.79 Å². The molecule has 0 aromatic heterocycles. The van der Waals surface area contributed by atoms with Crippen molar-refractivity contribution in [3.8, 4) is 5.75 Å². The summed E-state index contributed by atoms with van der Waals surface area (Å²) in [6.07, 6.45) is 2.53. The lowest BCUT2D eigenvalue weighted by atomic mass is 10.1. The number of hydrogen-bond donors (Lipinski definition) is 1. The van der Waals surface area contributed by atoms with Crippen LogP contribution < -0.4 is 15.0 Å². The van der Waals surface area contributed by atoms with E-state index in [0.717, 1.165) is 43.6 Å². The highest BCUT2D eigenvalue weighted by Gasteiger charge is 2.31. The number of fused-ring (bicyclic) bond motifs is 1. The van der Waals surface area contributed by atoms with E-state index in [1.165, 1.54) is 6.07 Å². The van der Waals surface area contributed by atoms with Crippen molar-refractivity contribution in [1.82, 2.24) is 5.32 Å². The van der Waals surface area contributed by atoms with Crippen molar-refractivity contribution in [1.29, 1.82) is 0 Å². The quantitative estimate of drug-likeness (QED) is 0.927. The molecular formula is C18H25FN2O2. The van der Waals surface area contributed by atoms with Gasteiger partial charge in [-0.2, -0.15) is 0 Å². The summed E-state index contributed by atoms with van der Waals surface area (Å²) >= 11 is 0. The fraction of sp³-hybridized carbons (Fsp3) is 0.611. The summed E-state index contributed by atoms with van der Waals surface area (Å²) in [6, 6.07) is 3.49. The number of nitrogens with one attached hydrogen (secondary N) is 1. The van der Waals surface area contributed by atoms with E-state index in [1.54, 1.807) is 0 Å². The van der Waals surface area contributed by atoms with Gasteiger partial charge in [-0.25, -0.2) is 4.39 Å². The van der Waals surface area contributed by atoms with Gasteiger partial charge >= 0.3 is 0 Å². The number of anilines is 1. The highest BCUT2D eigenvalue weighted by molar-refractivity contribution is 5.78. The molecule has 3 atom stereocenters. The fourth-order valence-corrected chi connectivity index (χ4v) is 3.37. The van der Waals surface area contributed by atoms with Gasteiger partial charge < -0.3 is 15.0 Å². The van der Waals surface area contributed by atoms with Crippen molar-refractivity contribution >= 4 is 11.6 Å². The highest BCUT2D eigenvalue weighted by atomic mass is 19.1. The molecule has 5 heteroatoms.